The number of benzene rings is 2. The zero-order valence-electron chi connectivity index (χ0n) is 15.2. The van der Waals surface area contributed by atoms with Gasteiger partial charge in [0.2, 0.25) is 11.8 Å². The number of carbonyl (C=O) groups is 3. The van der Waals surface area contributed by atoms with Crippen molar-refractivity contribution in [3.8, 4) is 0 Å². The van der Waals surface area contributed by atoms with E-state index < -0.39 is 41.5 Å². The molecule has 4 atom stereocenters. The highest BCUT2D eigenvalue weighted by Crippen LogP contribution is 2.47. The predicted octanol–water partition coefficient (Wildman–Crippen LogP) is 2.46. The number of nitrogens with zero attached hydrogens (tertiary/aromatic N) is 2. The van der Waals surface area contributed by atoms with E-state index in [1.54, 1.807) is 41.3 Å². The average Bonchev–Trinajstić information content (AvgIpc) is 3.10. The number of imide groups is 1. The number of halogens is 2. The van der Waals surface area contributed by atoms with Crippen molar-refractivity contribution >= 4 is 23.3 Å². The van der Waals surface area contributed by atoms with Crippen LogP contribution in [0.4, 0.5) is 14.5 Å². The van der Waals surface area contributed by atoms with Crippen molar-refractivity contribution in [1.82, 2.24) is 4.90 Å². The lowest BCUT2D eigenvalue weighted by atomic mass is 9.90. The molecule has 0 radical (unpaired) electrons. The molecule has 5 nitrogen and oxygen atoms in total. The summed E-state index contributed by atoms with van der Waals surface area (Å²) in [5.41, 5.74) is 0.553. The lowest BCUT2D eigenvalue weighted by Crippen LogP contribution is -2.48. The number of ketones is 1. The van der Waals surface area contributed by atoms with Crippen LogP contribution >= 0.6 is 0 Å². The number of amides is 2. The summed E-state index contributed by atoms with van der Waals surface area (Å²) in [6.45, 7) is -0.0616. The van der Waals surface area contributed by atoms with Gasteiger partial charge in [0.25, 0.3) is 0 Å². The Bertz CT molecular complexity index is 1070. The Morgan fingerprint density at radius 2 is 1.59 bits per heavy atom. The molecule has 2 aromatic carbocycles. The highest BCUT2D eigenvalue weighted by molar-refractivity contribution is 6.24. The minimum absolute atomic E-state index is 0.0616. The number of carbonyl (C=O) groups excluding carboxylic acids is 3. The van der Waals surface area contributed by atoms with Gasteiger partial charge in [0.1, 0.15) is 0 Å². The first-order valence-corrected chi connectivity index (χ1v) is 9.32. The molecule has 3 heterocycles. The normalized spacial score (nSPS) is 28.3. The van der Waals surface area contributed by atoms with Gasteiger partial charge in [0, 0.05) is 18.2 Å². The lowest BCUT2D eigenvalue weighted by Gasteiger charge is -2.33. The Kier molecular flexibility index (Phi) is 3.96. The Morgan fingerprint density at radius 3 is 2.34 bits per heavy atom. The van der Waals surface area contributed by atoms with Gasteiger partial charge in [-0.05, 0) is 24.3 Å². The summed E-state index contributed by atoms with van der Waals surface area (Å²) < 4.78 is 27.8. The van der Waals surface area contributed by atoms with Crippen molar-refractivity contribution in [3.63, 3.8) is 0 Å². The number of hydrogen-bond acceptors (Lipinski definition) is 4. The van der Waals surface area contributed by atoms with Crippen molar-refractivity contribution in [1.29, 1.82) is 0 Å². The van der Waals surface area contributed by atoms with Crippen molar-refractivity contribution in [2.45, 2.75) is 18.6 Å². The van der Waals surface area contributed by atoms with Crippen molar-refractivity contribution in [3.05, 3.63) is 77.9 Å². The third kappa shape index (κ3) is 2.50. The van der Waals surface area contributed by atoms with Crippen LogP contribution in [0.15, 0.2) is 60.7 Å². The van der Waals surface area contributed by atoms with Crippen LogP contribution < -0.4 is 4.90 Å². The second-order valence-electron chi connectivity index (χ2n) is 7.48. The zero-order valence-corrected chi connectivity index (χ0v) is 15.2. The Labute approximate surface area is 165 Å². The van der Waals surface area contributed by atoms with Crippen LogP contribution in [0.2, 0.25) is 0 Å². The molecule has 3 aliphatic heterocycles. The molecule has 0 aliphatic carbocycles. The van der Waals surface area contributed by atoms with Crippen molar-refractivity contribution in [2.24, 2.45) is 11.8 Å². The molecule has 146 valence electrons. The first-order chi connectivity index (χ1) is 14.0. The number of anilines is 1. The monoisotopic (exact) mass is 394 g/mol. The van der Waals surface area contributed by atoms with E-state index in [-0.39, 0.29) is 23.8 Å². The van der Waals surface area contributed by atoms with Crippen molar-refractivity contribution < 1.29 is 23.2 Å². The number of rotatable bonds is 3. The van der Waals surface area contributed by atoms with Gasteiger partial charge in [0.15, 0.2) is 17.4 Å². The summed E-state index contributed by atoms with van der Waals surface area (Å²) in [6.07, 6.45) is 2.99. The highest BCUT2D eigenvalue weighted by Gasteiger charge is 2.64. The smallest absolute Gasteiger partial charge is 0.239 e. The molecule has 0 spiro atoms. The van der Waals surface area contributed by atoms with E-state index in [0.717, 1.165) is 11.0 Å². The van der Waals surface area contributed by atoms with Gasteiger partial charge in [-0.15, -0.1) is 0 Å². The second-order valence-corrected chi connectivity index (χ2v) is 7.48. The number of para-hydroxylation sites is 1. The molecule has 2 saturated heterocycles. The molecule has 0 N–H and O–H groups in total. The molecular weight excluding hydrogens is 378 g/mol. The van der Waals surface area contributed by atoms with Gasteiger partial charge in [-0.2, -0.15) is 0 Å². The summed E-state index contributed by atoms with van der Waals surface area (Å²) >= 11 is 0. The SMILES string of the molecule is O=C1C=CC2C3C(=O)N(c4ccccc4)C(=O)C3C1N2Cc1cccc(F)c1F. The number of fused-ring (bicyclic) bond motifs is 5. The van der Waals surface area contributed by atoms with Gasteiger partial charge < -0.3 is 0 Å². The standard InChI is InChI=1S/C22H16F2N2O3/c23-14-8-4-5-12(19(14)24)11-25-15-9-10-16(27)20(25)18-17(15)21(28)26(22(18)29)13-6-2-1-3-7-13/h1-10,15,17-18,20H,11H2. The minimum atomic E-state index is -0.984. The van der Waals surface area contributed by atoms with E-state index in [0.29, 0.717) is 5.69 Å². The molecule has 3 aliphatic rings. The van der Waals surface area contributed by atoms with Crippen LogP contribution in [0.3, 0.4) is 0 Å². The second kappa shape index (κ2) is 6.42. The largest absolute Gasteiger partial charge is 0.293 e. The van der Waals surface area contributed by atoms with E-state index in [9.17, 15) is 23.2 Å². The fourth-order valence-corrected chi connectivity index (χ4v) is 4.77. The average molecular weight is 394 g/mol. The quantitative estimate of drug-likeness (QED) is 0.751. The Balaban J connectivity index is 1.53. The Morgan fingerprint density at radius 1 is 0.862 bits per heavy atom. The fraction of sp³-hybridized carbons (Fsp3) is 0.227. The molecule has 2 amide bonds. The van der Waals surface area contributed by atoms with Gasteiger partial charge in [-0.3, -0.25) is 19.3 Å². The fourth-order valence-electron chi connectivity index (χ4n) is 4.77. The molecule has 2 bridgehead atoms. The minimum Gasteiger partial charge on any atom is -0.293 e. The van der Waals surface area contributed by atoms with Gasteiger partial charge in [-0.25, -0.2) is 13.7 Å². The van der Waals surface area contributed by atoms with Crippen LogP contribution in [0.25, 0.3) is 0 Å². The summed E-state index contributed by atoms with van der Waals surface area (Å²) in [4.78, 5) is 41.8. The summed E-state index contributed by atoms with van der Waals surface area (Å²) in [6, 6.07) is 11.0. The van der Waals surface area contributed by atoms with Gasteiger partial charge in [0.05, 0.1) is 23.6 Å². The summed E-state index contributed by atoms with van der Waals surface area (Å²) in [7, 11) is 0. The lowest BCUT2D eigenvalue weighted by molar-refractivity contribution is -0.129. The topological polar surface area (TPSA) is 57.7 Å². The van der Waals surface area contributed by atoms with E-state index >= 15 is 0 Å². The molecule has 5 rings (SSSR count). The van der Waals surface area contributed by atoms with Gasteiger partial charge in [-0.1, -0.05) is 36.4 Å². The predicted molar refractivity (Wildman–Crippen MR) is 99.5 cm³/mol. The number of hydrogen-bond donors (Lipinski definition) is 0. The van der Waals surface area contributed by atoms with Crippen molar-refractivity contribution in [2.75, 3.05) is 4.90 Å². The first kappa shape index (κ1) is 17.9. The molecule has 7 heteroatoms. The zero-order chi connectivity index (χ0) is 20.3. The van der Waals surface area contributed by atoms with Crippen LogP contribution in [0.5, 0.6) is 0 Å². The maximum Gasteiger partial charge on any atom is 0.239 e. The van der Waals surface area contributed by atoms with E-state index in [1.165, 1.54) is 18.2 Å². The molecule has 4 unspecified atom stereocenters. The summed E-state index contributed by atoms with van der Waals surface area (Å²) in [5, 5.41) is 0. The highest BCUT2D eigenvalue weighted by atomic mass is 19.2. The maximum atomic E-state index is 14.2. The van der Waals surface area contributed by atoms with E-state index in [4.69, 9.17) is 0 Å². The molecule has 2 aromatic rings. The third-order valence-corrected chi connectivity index (χ3v) is 5.99. The molecule has 0 aromatic heterocycles. The van der Waals surface area contributed by atoms with E-state index in [1.807, 2.05) is 0 Å². The van der Waals surface area contributed by atoms with Crippen LogP contribution in [0, 0.1) is 23.5 Å². The first-order valence-electron chi connectivity index (χ1n) is 9.32. The maximum absolute atomic E-state index is 14.2. The van der Waals surface area contributed by atoms with Gasteiger partial charge >= 0.3 is 0 Å². The molecular formula is C22H16F2N2O3. The van der Waals surface area contributed by atoms with Crippen LogP contribution in [0.1, 0.15) is 5.56 Å². The summed E-state index contributed by atoms with van der Waals surface area (Å²) in [5.74, 6) is -4.64. The Hall–Kier alpha value is -3.19. The molecule has 2 fully saturated rings. The molecule has 0 saturated carbocycles. The van der Waals surface area contributed by atoms with E-state index in [2.05, 4.69) is 0 Å². The van der Waals surface area contributed by atoms with Crippen LogP contribution in [-0.2, 0) is 20.9 Å². The molecule has 29 heavy (non-hydrogen) atoms. The van der Waals surface area contributed by atoms with Crippen LogP contribution in [-0.4, -0.2) is 34.6 Å². The third-order valence-electron chi connectivity index (χ3n) is 5.99.